The van der Waals surface area contributed by atoms with E-state index >= 15 is 0 Å². The lowest BCUT2D eigenvalue weighted by molar-refractivity contribution is 0.0473. The maximum absolute atomic E-state index is 11.9. The molecule has 1 aromatic carbocycles. The van der Waals surface area contributed by atoms with Gasteiger partial charge in [-0.2, -0.15) is 0 Å². The SMILES string of the molecule is CN(C)S(=O)(=O)c1ccc(C(=O)OCC(=O)c2ccc[nH]2)cc1. The minimum atomic E-state index is -3.55. The molecule has 0 bridgehead atoms. The first-order chi connectivity index (χ1) is 10.8. The van der Waals surface area contributed by atoms with Crippen LogP contribution in [0.1, 0.15) is 20.8 Å². The summed E-state index contributed by atoms with van der Waals surface area (Å²) in [7, 11) is -0.711. The van der Waals surface area contributed by atoms with Crippen molar-refractivity contribution >= 4 is 21.8 Å². The molecule has 0 aliphatic heterocycles. The lowest BCUT2D eigenvalue weighted by atomic mass is 10.2. The quantitative estimate of drug-likeness (QED) is 0.633. The summed E-state index contributed by atoms with van der Waals surface area (Å²) >= 11 is 0. The van der Waals surface area contributed by atoms with Crippen molar-refractivity contribution in [1.29, 1.82) is 0 Å². The molecule has 0 saturated carbocycles. The summed E-state index contributed by atoms with van der Waals surface area (Å²) in [6.07, 6.45) is 1.60. The number of esters is 1. The standard InChI is InChI=1S/C15H16N2O5S/c1-17(2)23(20,21)12-7-5-11(6-8-12)15(19)22-10-14(18)13-4-3-9-16-13/h3-9,16H,10H2,1-2H3. The third kappa shape index (κ3) is 3.85. The highest BCUT2D eigenvalue weighted by Crippen LogP contribution is 2.14. The van der Waals surface area contributed by atoms with Gasteiger partial charge < -0.3 is 9.72 Å². The van der Waals surface area contributed by atoms with Crippen LogP contribution in [0.5, 0.6) is 0 Å². The second-order valence-electron chi connectivity index (χ2n) is 4.89. The van der Waals surface area contributed by atoms with E-state index in [2.05, 4.69) is 4.98 Å². The molecule has 23 heavy (non-hydrogen) atoms. The van der Waals surface area contributed by atoms with Crippen LogP contribution < -0.4 is 0 Å². The van der Waals surface area contributed by atoms with Gasteiger partial charge >= 0.3 is 5.97 Å². The minimum absolute atomic E-state index is 0.0708. The lowest BCUT2D eigenvalue weighted by Gasteiger charge is -2.11. The predicted octanol–water partition coefficient (Wildman–Crippen LogP) is 1.30. The molecule has 1 N–H and O–H groups in total. The van der Waals surface area contributed by atoms with Gasteiger partial charge in [0.25, 0.3) is 0 Å². The van der Waals surface area contributed by atoms with Crippen LogP contribution >= 0.6 is 0 Å². The average Bonchev–Trinajstić information content (AvgIpc) is 3.06. The first-order valence-electron chi connectivity index (χ1n) is 6.68. The second-order valence-corrected chi connectivity index (χ2v) is 7.05. The zero-order valence-corrected chi connectivity index (χ0v) is 13.5. The van der Waals surface area contributed by atoms with Gasteiger partial charge in [0.1, 0.15) is 0 Å². The highest BCUT2D eigenvalue weighted by Gasteiger charge is 2.18. The zero-order chi connectivity index (χ0) is 17.0. The number of H-pyrrole nitrogens is 1. The van der Waals surface area contributed by atoms with E-state index in [9.17, 15) is 18.0 Å². The number of nitrogens with zero attached hydrogens (tertiary/aromatic N) is 1. The molecule has 0 radical (unpaired) electrons. The first-order valence-corrected chi connectivity index (χ1v) is 8.12. The Morgan fingerprint density at radius 2 is 1.78 bits per heavy atom. The number of sulfonamides is 1. The third-order valence-corrected chi connectivity index (χ3v) is 4.93. The number of benzene rings is 1. The molecule has 0 spiro atoms. The van der Waals surface area contributed by atoms with Crippen LogP contribution in [0.2, 0.25) is 0 Å². The van der Waals surface area contributed by atoms with Crippen molar-refractivity contribution < 1.29 is 22.7 Å². The first kappa shape index (κ1) is 16.9. The number of ether oxygens (including phenoxy) is 1. The van der Waals surface area contributed by atoms with Gasteiger partial charge in [-0.05, 0) is 36.4 Å². The van der Waals surface area contributed by atoms with E-state index in [4.69, 9.17) is 4.74 Å². The number of hydrogen-bond acceptors (Lipinski definition) is 5. The Morgan fingerprint density at radius 3 is 2.30 bits per heavy atom. The monoisotopic (exact) mass is 336 g/mol. The number of carbonyl (C=O) groups is 2. The second kappa shape index (κ2) is 6.76. The summed E-state index contributed by atoms with van der Waals surface area (Å²) in [5.74, 6) is -1.05. The number of nitrogens with one attached hydrogen (secondary N) is 1. The number of carbonyl (C=O) groups excluding carboxylic acids is 2. The Morgan fingerprint density at radius 1 is 1.13 bits per heavy atom. The number of hydrogen-bond donors (Lipinski definition) is 1. The van der Waals surface area contributed by atoms with Crippen LogP contribution in [-0.4, -0.2) is 50.2 Å². The van der Waals surface area contributed by atoms with Gasteiger partial charge in [-0.15, -0.1) is 0 Å². The number of ketones is 1. The van der Waals surface area contributed by atoms with Crippen LogP contribution in [0.25, 0.3) is 0 Å². The van der Waals surface area contributed by atoms with Crippen molar-refractivity contribution in [1.82, 2.24) is 9.29 Å². The van der Waals surface area contributed by atoms with Crippen molar-refractivity contribution in [3.63, 3.8) is 0 Å². The molecule has 2 rings (SSSR count). The average molecular weight is 336 g/mol. The molecule has 0 aliphatic rings. The van der Waals surface area contributed by atoms with Gasteiger partial charge in [0.2, 0.25) is 15.8 Å². The van der Waals surface area contributed by atoms with E-state index in [1.807, 2.05) is 0 Å². The molecule has 0 aliphatic carbocycles. The number of rotatable bonds is 6. The lowest BCUT2D eigenvalue weighted by Crippen LogP contribution is -2.22. The molecule has 0 saturated heterocycles. The molecule has 0 unspecified atom stereocenters. The summed E-state index contributed by atoms with van der Waals surface area (Å²) in [5.41, 5.74) is 0.521. The van der Waals surface area contributed by atoms with E-state index in [-0.39, 0.29) is 16.2 Å². The molecular weight excluding hydrogens is 320 g/mol. The molecule has 122 valence electrons. The van der Waals surface area contributed by atoms with E-state index in [0.29, 0.717) is 5.69 Å². The van der Waals surface area contributed by atoms with E-state index < -0.39 is 22.6 Å². The molecule has 8 heteroatoms. The normalized spacial score (nSPS) is 11.4. The Labute approximate surface area is 133 Å². The molecule has 0 atom stereocenters. The van der Waals surface area contributed by atoms with Gasteiger partial charge in [0.05, 0.1) is 16.2 Å². The number of Topliss-reactive ketones (excluding diaryl/α,β-unsaturated/α-hetero) is 1. The summed E-state index contributed by atoms with van der Waals surface area (Å²) in [5, 5.41) is 0. The van der Waals surface area contributed by atoms with Crippen LogP contribution in [0.15, 0.2) is 47.5 Å². The fourth-order valence-electron chi connectivity index (χ4n) is 1.77. The van der Waals surface area contributed by atoms with Crippen LogP contribution in [-0.2, 0) is 14.8 Å². The third-order valence-electron chi connectivity index (χ3n) is 3.10. The van der Waals surface area contributed by atoms with Crippen LogP contribution in [0.3, 0.4) is 0 Å². The zero-order valence-electron chi connectivity index (χ0n) is 12.6. The maximum atomic E-state index is 11.9. The van der Waals surface area contributed by atoms with Crippen molar-refractivity contribution in [2.45, 2.75) is 4.90 Å². The van der Waals surface area contributed by atoms with Crippen molar-refractivity contribution in [2.75, 3.05) is 20.7 Å². The fourth-order valence-corrected chi connectivity index (χ4v) is 2.67. The largest absolute Gasteiger partial charge is 0.454 e. The molecule has 7 nitrogen and oxygen atoms in total. The van der Waals surface area contributed by atoms with Gasteiger partial charge in [0, 0.05) is 20.3 Å². The topological polar surface area (TPSA) is 96.5 Å². The van der Waals surface area contributed by atoms with Crippen LogP contribution in [0.4, 0.5) is 0 Å². The van der Waals surface area contributed by atoms with Crippen molar-refractivity contribution in [3.8, 4) is 0 Å². The van der Waals surface area contributed by atoms with Gasteiger partial charge in [0.15, 0.2) is 6.61 Å². The Hall–Kier alpha value is -2.45. The minimum Gasteiger partial charge on any atom is -0.454 e. The predicted molar refractivity (Wildman–Crippen MR) is 82.7 cm³/mol. The van der Waals surface area contributed by atoms with Gasteiger partial charge in [-0.25, -0.2) is 17.5 Å². The summed E-state index contributed by atoms with van der Waals surface area (Å²) in [6.45, 7) is -0.392. The molecular formula is C15H16N2O5S. The summed E-state index contributed by atoms with van der Waals surface area (Å²) < 4.78 is 29.8. The van der Waals surface area contributed by atoms with Crippen molar-refractivity contribution in [3.05, 3.63) is 53.9 Å². The highest BCUT2D eigenvalue weighted by atomic mass is 32.2. The molecule has 0 amide bonds. The van der Waals surface area contributed by atoms with Crippen molar-refractivity contribution in [2.24, 2.45) is 0 Å². The smallest absolute Gasteiger partial charge is 0.338 e. The van der Waals surface area contributed by atoms with Gasteiger partial charge in [-0.1, -0.05) is 0 Å². The van der Waals surface area contributed by atoms with Crippen LogP contribution in [0, 0.1) is 0 Å². The fraction of sp³-hybridized carbons (Fsp3) is 0.200. The maximum Gasteiger partial charge on any atom is 0.338 e. The molecule has 1 aromatic heterocycles. The van der Waals surface area contributed by atoms with E-state index in [1.54, 1.807) is 18.3 Å². The van der Waals surface area contributed by atoms with Gasteiger partial charge in [-0.3, -0.25) is 4.79 Å². The number of aromatic nitrogens is 1. The highest BCUT2D eigenvalue weighted by molar-refractivity contribution is 7.89. The summed E-state index contributed by atoms with van der Waals surface area (Å²) in [4.78, 5) is 26.4. The molecule has 2 aromatic rings. The van der Waals surface area contributed by atoms with E-state index in [1.165, 1.54) is 38.4 Å². The van der Waals surface area contributed by atoms with E-state index in [0.717, 1.165) is 4.31 Å². The Kier molecular flexibility index (Phi) is 4.97. The number of aromatic amines is 1. The summed E-state index contributed by atoms with van der Waals surface area (Å²) in [6, 6.07) is 8.57. The molecule has 1 heterocycles. The molecule has 0 fully saturated rings. The Balaban J connectivity index is 2.02. The Bertz CT molecular complexity index is 793.